The van der Waals surface area contributed by atoms with Crippen molar-refractivity contribution in [2.45, 2.75) is 6.54 Å². The SMILES string of the molecule is CNc1nccn2cc(CN)nc12. The summed E-state index contributed by atoms with van der Waals surface area (Å²) in [6.07, 6.45) is 5.47. The first-order chi connectivity index (χ1) is 6.35. The summed E-state index contributed by atoms with van der Waals surface area (Å²) in [5.74, 6) is 0.766. The summed E-state index contributed by atoms with van der Waals surface area (Å²) in [6, 6.07) is 0. The Morgan fingerprint density at radius 3 is 3.15 bits per heavy atom. The van der Waals surface area contributed by atoms with Crippen LogP contribution in [0.4, 0.5) is 5.82 Å². The van der Waals surface area contributed by atoms with E-state index in [1.807, 2.05) is 23.8 Å². The molecule has 5 heteroatoms. The molecule has 3 N–H and O–H groups in total. The highest BCUT2D eigenvalue weighted by molar-refractivity contribution is 5.62. The van der Waals surface area contributed by atoms with Crippen molar-refractivity contribution in [1.82, 2.24) is 14.4 Å². The van der Waals surface area contributed by atoms with Crippen molar-refractivity contribution in [3.05, 3.63) is 24.3 Å². The Labute approximate surface area is 75.6 Å². The summed E-state index contributed by atoms with van der Waals surface area (Å²) in [4.78, 5) is 8.45. The number of anilines is 1. The van der Waals surface area contributed by atoms with E-state index >= 15 is 0 Å². The molecule has 2 aromatic rings. The largest absolute Gasteiger partial charge is 0.370 e. The second kappa shape index (κ2) is 3.02. The normalized spacial score (nSPS) is 10.6. The van der Waals surface area contributed by atoms with Crippen LogP contribution >= 0.6 is 0 Å². The van der Waals surface area contributed by atoms with Crippen molar-refractivity contribution in [1.29, 1.82) is 0 Å². The maximum atomic E-state index is 5.49. The third kappa shape index (κ3) is 1.23. The second-order valence-electron chi connectivity index (χ2n) is 2.69. The number of nitrogens with zero attached hydrogens (tertiary/aromatic N) is 3. The van der Waals surface area contributed by atoms with Crippen LogP contribution in [0.5, 0.6) is 0 Å². The van der Waals surface area contributed by atoms with Crippen LogP contribution in [0.1, 0.15) is 5.69 Å². The van der Waals surface area contributed by atoms with Crippen molar-refractivity contribution in [2.75, 3.05) is 12.4 Å². The number of aromatic nitrogens is 3. The van der Waals surface area contributed by atoms with Gasteiger partial charge in [-0.15, -0.1) is 0 Å². The monoisotopic (exact) mass is 177 g/mol. The molecule has 5 nitrogen and oxygen atoms in total. The van der Waals surface area contributed by atoms with E-state index < -0.39 is 0 Å². The summed E-state index contributed by atoms with van der Waals surface area (Å²) in [7, 11) is 1.82. The average Bonchev–Trinajstić information content (AvgIpc) is 2.59. The number of nitrogens with two attached hydrogens (primary N) is 1. The Morgan fingerprint density at radius 2 is 2.46 bits per heavy atom. The van der Waals surface area contributed by atoms with E-state index in [0.29, 0.717) is 6.54 Å². The fourth-order valence-corrected chi connectivity index (χ4v) is 1.25. The Balaban J connectivity index is 2.67. The van der Waals surface area contributed by atoms with Gasteiger partial charge in [-0.25, -0.2) is 9.97 Å². The molecule has 0 aromatic carbocycles. The number of hydrogen-bond acceptors (Lipinski definition) is 4. The highest BCUT2D eigenvalue weighted by Crippen LogP contribution is 2.11. The molecule has 0 spiro atoms. The van der Waals surface area contributed by atoms with E-state index in [1.165, 1.54) is 0 Å². The van der Waals surface area contributed by atoms with E-state index in [0.717, 1.165) is 17.2 Å². The highest BCUT2D eigenvalue weighted by atomic mass is 15.1. The predicted octanol–water partition coefficient (Wildman–Crippen LogP) is 0.230. The zero-order chi connectivity index (χ0) is 9.26. The van der Waals surface area contributed by atoms with Crippen LogP contribution in [0.2, 0.25) is 0 Å². The van der Waals surface area contributed by atoms with Gasteiger partial charge in [0.2, 0.25) is 0 Å². The lowest BCUT2D eigenvalue weighted by Crippen LogP contribution is -1.96. The van der Waals surface area contributed by atoms with E-state index in [1.54, 1.807) is 6.20 Å². The van der Waals surface area contributed by atoms with Gasteiger partial charge in [-0.05, 0) is 0 Å². The first-order valence-corrected chi connectivity index (χ1v) is 4.05. The highest BCUT2D eigenvalue weighted by Gasteiger charge is 2.04. The second-order valence-corrected chi connectivity index (χ2v) is 2.69. The van der Waals surface area contributed by atoms with Gasteiger partial charge in [-0.1, -0.05) is 0 Å². The Hall–Kier alpha value is -1.62. The molecule has 0 aliphatic rings. The van der Waals surface area contributed by atoms with Gasteiger partial charge in [0.1, 0.15) is 0 Å². The fraction of sp³-hybridized carbons (Fsp3) is 0.250. The molecule has 0 saturated carbocycles. The van der Waals surface area contributed by atoms with E-state index in [9.17, 15) is 0 Å². The summed E-state index contributed by atoms with van der Waals surface area (Å²) < 4.78 is 1.90. The van der Waals surface area contributed by atoms with Crippen LogP contribution in [0, 0.1) is 0 Å². The quantitative estimate of drug-likeness (QED) is 0.689. The Kier molecular flexibility index (Phi) is 1.86. The van der Waals surface area contributed by atoms with Crippen molar-refractivity contribution in [3.63, 3.8) is 0 Å². The minimum atomic E-state index is 0.449. The molecule has 0 radical (unpaired) electrons. The van der Waals surface area contributed by atoms with Crippen molar-refractivity contribution in [3.8, 4) is 0 Å². The summed E-state index contributed by atoms with van der Waals surface area (Å²) in [6.45, 7) is 0.449. The first-order valence-electron chi connectivity index (χ1n) is 4.05. The molecule has 0 atom stereocenters. The molecule has 0 fully saturated rings. The van der Waals surface area contributed by atoms with Crippen molar-refractivity contribution in [2.24, 2.45) is 5.73 Å². The number of hydrogen-bond donors (Lipinski definition) is 2. The lowest BCUT2D eigenvalue weighted by molar-refractivity contribution is 1.02. The minimum absolute atomic E-state index is 0.449. The molecule has 0 amide bonds. The molecule has 2 heterocycles. The van der Waals surface area contributed by atoms with Crippen LogP contribution in [-0.4, -0.2) is 21.4 Å². The van der Waals surface area contributed by atoms with Gasteiger partial charge >= 0.3 is 0 Å². The number of imidazole rings is 1. The third-order valence-electron chi connectivity index (χ3n) is 1.87. The molecule has 2 rings (SSSR count). The van der Waals surface area contributed by atoms with Gasteiger partial charge < -0.3 is 15.5 Å². The zero-order valence-electron chi connectivity index (χ0n) is 7.36. The Morgan fingerprint density at radius 1 is 1.62 bits per heavy atom. The Bertz CT molecular complexity index is 419. The topological polar surface area (TPSA) is 68.2 Å². The molecule has 68 valence electrons. The van der Waals surface area contributed by atoms with Crippen LogP contribution in [0.15, 0.2) is 18.6 Å². The first kappa shape index (κ1) is 8.00. The standard InChI is InChI=1S/C8H11N5/c1-10-7-8-12-6(4-9)5-13(8)3-2-11-7/h2-3,5H,4,9H2,1H3,(H,10,11). The minimum Gasteiger partial charge on any atom is -0.370 e. The maximum Gasteiger partial charge on any atom is 0.180 e. The average molecular weight is 177 g/mol. The zero-order valence-corrected chi connectivity index (χ0v) is 7.36. The van der Waals surface area contributed by atoms with Gasteiger partial charge in [0.25, 0.3) is 0 Å². The van der Waals surface area contributed by atoms with Crippen LogP contribution in [0.25, 0.3) is 5.65 Å². The predicted molar refractivity (Wildman–Crippen MR) is 50.4 cm³/mol. The van der Waals surface area contributed by atoms with Gasteiger partial charge in [0.05, 0.1) is 5.69 Å². The summed E-state index contributed by atoms with van der Waals surface area (Å²) in [5.41, 5.74) is 7.16. The molecular formula is C8H11N5. The van der Waals surface area contributed by atoms with Crippen molar-refractivity contribution < 1.29 is 0 Å². The number of nitrogens with one attached hydrogen (secondary N) is 1. The van der Waals surface area contributed by atoms with Gasteiger partial charge in [0.15, 0.2) is 11.5 Å². The molecular weight excluding hydrogens is 166 g/mol. The van der Waals surface area contributed by atoms with Crippen LogP contribution in [0.3, 0.4) is 0 Å². The molecule has 0 unspecified atom stereocenters. The van der Waals surface area contributed by atoms with Gasteiger partial charge in [0, 0.05) is 32.2 Å². The van der Waals surface area contributed by atoms with Crippen LogP contribution in [-0.2, 0) is 6.54 Å². The van der Waals surface area contributed by atoms with E-state index in [-0.39, 0.29) is 0 Å². The van der Waals surface area contributed by atoms with E-state index in [2.05, 4.69) is 15.3 Å². The fourth-order valence-electron chi connectivity index (χ4n) is 1.25. The maximum absolute atomic E-state index is 5.49. The molecule has 0 aliphatic carbocycles. The van der Waals surface area contributed by atoms with Crippen LogP contribution < -0.4 is 11.1 Å². The molecule has 13 heavy (non-hydrogen) atoms. The summed E-state index contributed by atoms with van der Waals surface area (Å²) in [5, 5.41) is 2.97. The van der Waals surface area contributed by atoms with Gasteiger partial charge in [-0.3, -0.25) is 0 Å². The van der Waals surface area contributed by atoms with Crippen molar-refractivity contribution >= 4 is 11.5 Å². The third-order valence-corrected chi connectivity index (χ3v) is 1.87. The molecule has 0 aliphatic heterocycles. The molecule has 0 bridgehead atoms. The lowest BCUT2D eigenvalue weighted by atomic mass is 10.5. The van der Waals surface area contributed by atoms with E-state index in [4.69, 9.17) is 5.73 Å². The number of fused-ring (bicyclic) bond motifs is 1. The summed E-state index contributed by atoms with van der Waals surface area (Å²) >= 11 is 0. The van der Waals surface area contributed by atoms with Gasteiger partial charge in [-0.2, -0.15) is 0 Å². The molecule has 2 aromatic heterocycles. The smallest absolute Gasteiger partial charge is 0.180 e. The number of rotatable bonds is 2. The lowest BCUT2D eigenvalue weighted by Gasteiger charge is -1.98. The molecule has 0 saturated heterocycles.